The van der Waals surface area contributed by atoms with Crippen LogP contribution < -0.4 is 0 Å². The van der Waals surface area contributed by atoms with E-state index in [4.69, 9.17) is 0 Å². The molecule has 0 heterocycles. The van der Waals surface area contributed by atoms with Gasteiger partial charge in [0, 0.05) is 24.3 Å². The number of nitro benzene ring substituents is 1. The molecule has 2 aliphatic carbocycles. The molecule has 0 spiro atoms. The van der Waals surface area contributed by atoms with Gasteiger partial charge in [0.2, 0.25) is 0 Å². The van der Waals surface area contributed by atoms with E-state index in [0.717, 1.165) is 0 Å². The molecule has 0 aromatic heterocycles. The summed E-state index contributed by atoms with van der Waals surface area (Å²) < 4.78 is 0. The van der Waals surface area contributed by atoms with Crippen molar-refractivity contribution in [2.75, 3.05) is 6.61 Å². The molecule has 140 valence electrons. The van der Waals surface area contributed by atoms with Crippen molar-refractivity contribution in [2.45, 2.75) is 39.3 Å². The van der Waals surface area contributed by atoms with Gasteiger partial charge in [-0.15, -0.1) is 0 Å². The number of aliphatic imine (C=N–C) groups is 1. The predicted molar refractivity (Wildman–Crippen MR) is 95.9 cm³/mol. The minimum absolute atomic E-state index is 0.0697. The number of Topliss-reactive ketones (excluding diaryl/α,β-unsaturated/α-hetero) is 1. The zero-order chi connectivity index (χ0) is 19.2. The van der Waals surface area contributed by atoms with Crippen LogP contribution in [0, 0.1) is 33.3 Å². The standard InChI is InChI=1S/C19H24N2O5/c1-10(16-15(23)8-13-17(16)19(13,2)3)20-14(9-22)18(24)11-4-6-12(7-5-11)21(25)26/h4-7,13-14,16-18,22,24H,8-9H2,1-3H3/t13-,14-,16?,17-,18+/m1/s1. The molecule has 0 amide bonds. The van der Waals surface area contributed by atoms with E-state index < -0.39 is 17.1 Å². The molecular formula is C19H24N2O5. The highest BCUT2D eigenvalue weighted by Crippen LogP contribution is 2.68. The molecule has 0 saturated heterocycles. The summed E-state index contributed by atoms with van der Waals surface area (Å²) in [4.78, 5) is 27.0. The molecule has 2 fully saturated rings. The topological polar surface area (TPSA) is 113 Å². The molecule has 7 heteroatoms. The van der Waals surface area contributed by atoms with Crippen LogP contribution in [0.25, 0.3) is 0 Å². The summed E-state index contributed by atoms with van der Waals surface area (Å²) in [5.41, 5.74) is 1.16. The van der Waals surface area contributed by atoms with Gasteiger partial charge in [0.25, 0.3) is 5.69 Å². The SMILES string of the molecule is CC(=N[C@H](CO)[C@@H](O)c1ccc([N+](=O)[O-])cc1)C1C(=O)C[C@@H]2[C@H]1C2(C)C. The number of nitrogens with zero attached hydrogens (tertiary/aromatic N) is 2. The van der Waals surface area contributed by atoms with Crippen LogP contribution in [0.3, 0.4) is 0 Å². The summed E-state index contributed by atoms with van der Waals surface area (Å²) in [7, 11) is 0. The smallest absolute Gasteiger partial charge is 0.269 e. The van der Waals surface area contributed by atoms with Gasteiger partial charge in [0.05, 0.1) is 17.4 Å². The number of non-ortho nitro benzene ring substituents is 1. The van der Waals surface area contributed by atoms with Crippen LogP contribution in [-0.2, 0) is 4.79 Å². The Morgan fingerprint density at radius 1 is 1.38 bits per heavy atom. The van der Waals surface area contributed by atoms with Crippen molar-refractivity contribution < 1.29 is 19.9 Å². The normalized spacial score (nSPS) is 29.2. The first-order valence-corrected chi connectivity index (χ1v) is 8.78. The minimum atomic E-state index is -1.10. The van der Waals surface area contributed by atoms with Gasteiger partial charge in [-0.3, -0.25) is 19.9 Å². The molecule has 1 unspecified atom stereocenters. The van der Waals surface area contributed by atoms with Crippen LogP contribution in [0.4, 0.5) is 5.69 Å². The molecule has 0 radical (unpaired) electrons. The lowest BCUT2D eigenvalue weighted by Gasteiger charge is -2.22. The molecular weight excluding hydrogens is 336 g/mol. The molecule has 1 aromatic carbocycles. The van der Waals surface area contributed by atoms with Crippen molar-refractivity contribution in [3.05, 3.63) is 39.9 Å². The predicted octanol–water partition coefficient (Wildman–Crippen LogP) is 2.31. The highest BCUT2D eigenvalue weighted by Gasteiger charge is 2.67. The van der Waals surface area contributed by atoms with Crippen molar-refractivity contribution >= 4 is 17.2 Å². The minimum Gasteiger partial charge on any atom is -0.394 e. The van der Waals surface area contributed by atoms with E-state index in [2.05, 4.69) is 18.8 Å². The first kappa shape index (κ1) is 18.7. The van der Waals surface area contributed by atoms with Crippen LogP contribution in [0.5, 0.6) is 0 Å². The maximum absolute atomic E-state index is 12.3. The number of ketones is 1. The number of aliphatic hydroxyl groups is 2. The van der Waals surface area contributed by atoms with Gasteiger partial charge >= 0.3 is 0 Å². The van der Waals surface area contributed by atoms with Gasteiger partial charge in [-0.25, -0.2) is 0 Å². The first-order valence-electron chi connectivity index (χ1n) is 8.78. The fourth-order valence-corrected chi connectivity index (χ4v) is 4.44. The van der Waals surface area contributed by atoms with E-state index in [1.807, 2.05) is 0 Å². The second-order valence-corrected chi connectivity index (χ2v) is 7.92. The van der Waals surface area contributed by atoms with Crippen molar-refractivity contribution in [3.8, 4) is 0 Å². The molecule has 1 aromatic rings. The fourth-order valence-electron chi connectivity index (χ4n) is 4.44. The van der Waals surface area contributed by atoms with E-state index in [1.54, 1.807) is 6.92 Å². The highest BCUT2D eigenvalue weighted by atomic mass is 16.6. The van der Waals surface area contributed by atoms with Crippen LogP contribution >= 0.6 is 0 Å². The molecule has 0 bridgehead atoms. The second kappa shape index (κ2) is 6.55. The third-order valence-corrected chi connectivity index (χ3v) is 6.08. The molecule has 2 N–H and O–H groups in total. The lowest BCUT2D eigenvalue weighted by molar-refractivity contribution is -0.384. The Morgan fingerprint density at radius 3 is 2.50 bits per heavy atom. The summed E-state index contributed by atoms with van der Waals surface area (Å²) in [6, 6.07) is 4.71. The first-order chi connectivity index (χ1) is 12.2. The lowest BCUT2D eigenvalue weighted by atomic mass is 9.88. The van der Waals surface area contributed by atoms with Gasteiger partial charge in [0.1, 0.15) is 17.9 Å². The molecule has 2 aliphatic rings. The van der Waals surface area contributed by atoms with Crippen LogP contribution in [-0.4, -0.2) is 39.3 Å². The largest absolute Gasteiger partial charge is 0.394 e. The van der Waals surface area contributed by atoms with Crippen LogP contribution in [0.1, 0.15) is 38.9 Å². The zero-order valence-electron chi connectivity index (χ0n) is 15.1. The fraction of sp³-hybridized carbons (Fsp3) is 0.579. The molecule has 3 rings (SSSR count). The van der Waals surface area contributed by atoms with Crippen molar-refractivity contribution in [3.63, 3.8) is 0 Å². The third kappa shape index (κ3) is 3.05. The monoisotopic (exact) mass is 360 g/mol. The summed E-state index contributed by atoms with van der Waals surface area (Å²) in [5.74, 6) is 0.627. The van der Waals surface area contributed by atoms with Gasteiger partial charge in [0.15, 0.2) is 0 Å². The third-order valence-electron chi connectivity index (χ3n) is 6.08. The van der Waals surface area contributed by atoms with Gasteiger partial charge in [-0.2, -0.15) is 0 Å². The van der Waals surface area contributed by atoms with E-state index in [9.17, 15) is 25.1 Å². The van der Waals surface area contributed by atoms with E-state index in [-0.39, 0.29) is 35.3 Å². The van der Waals surface area contributed by atoms with Crippen molar-refractivity contribution in [1.29, 1.82) is 0 Å². The molecule has 0 aliphatic heterocycles. The summed E-state index contributed by atoms with van der Waals surface area (Å²) in [6.45, 7) is 5.72. The average molecular weight is 360 g/mol. The number of aliphatic hydroxyl groups excluding tert-OH is 2. The quantitative estimate of drug-likeness (QED) is 0.459. The summed E-state index contributed by atoms with van der Waals surface area (Å²) in [5, 5.41) is 30.9. The van der Waals surface area contributed by atoms with Gasteiger partial charge in [-0.1, -0.05) is 13.8 Å². The average Bonchev–Trinajstić information content (AvgIpc) is 2.94. The Labute approximate surface area is 151 Å². The Hall–Kier alpha value is -2.12. The van der Waals surface area contributed by atoms with Crippen LogP contribution in [0.2, 0.25) is 0 Å². The molecule has 7 nitrogen and oxygen atoms in total. The number of hydrogen-bond donors (Lipinski definition) is 2. The van der Waals surface area contributed by atoms with Gasteiger partial charge < -0.3 is 10.2 Å². The van der Waals surface area contributed by atoms with E-state index in [1.165, 1.54) is 24.3 Å². The Bertz CT molecular complexity index is 756. The number of benzene rings is 1. The second-order valence-electron chi connectivity index (χ2n) is 7.92. The maximum Gasteiger partial charge on any atom is 0.269 e. The Morgan fingerprint density at radius 2 is 2.00 bits per heavy atom. The van der Waals surface area contributed by atoms with Crippen LogP contribution in [0.15, 0.2) is 29.3 Å². The number of nitro groups is 1. The lowest BCUT2D eigenvalue weighted by Crippen LogP contribution is -2.28. The molecule has 26 heavy (non-hydrogen) atoms. The van der Waals surface area contributed by atoms with Crippen molar-refractivity contribution in [2.24, 2.45) is 28.2 Å². The number of fused-ring (bicyclic) bond motifs is 1. The highest BCUT2D eigenvalue weighted by molar-refractivity contribution is 6.07. The number of rotatable bonds is 6. The zero-order valence-corrected chi connectivity index (χ0v) is 15.1. The summed E-state index contributed by atoms with van der Waals surface area (Å²) in [6.07, 6.45) is -0.528. The Balaban J connectivity index is 1.78. The number of carbonyl (C=O) groups is 1. The number of hydrogen-bond acceptors (Lipinski definition) is 6. The van der Waals surface area contributed by atoms with Gasteiger partial charge in [-0.05, 0) is 41.9 Å². The van der Waals surface area contributed by atoms with E-state index >= 15 is 0 Å². The van der Waals surface area contributed by atoms with Crippen molar-refractivity contribution in [1.82, 2.24) is 0 Å². The maximum atomic E-state index is 12.3. The molecule has 5 atom stereocenters. The number of carbonyl (C=O) groups excluding carboxylic acids is 1. The van der Waals surface area contributed by atoms with E-state index in [0.29, 0.717) is 23.6 Å². The molecule has 2 saturated carbocycles. The summed E-state index contributed by atoms with van der Waals surface area (Å²) >= 11 is 0. The Kier molecular flexibility index (Phi) is 4.71.